The molecule has 0 bridgehead atoms. The summed E-state index contributed by atoms with van der Waals surface area (Å²) in [6, 6.07) is 0.651. The molecular formula is C11H20N4O. The average molecular weight is 224 g/mol. The Hall–Kier alpha value is -0.940. The molecule has 0 unspecified atom stereocenters. The Labute approximate surface area is 96.2 Å². The molecule has 0 atom stereocenters. The van der Waals surface area contributed by atoms with Gasteiger partial charge in [0.05, 0.1) is 6.54 Å². The van der Waals surface area contributed by atoms with Crippen molar-refractivity contribution in [1.29, 1.82) is 0 Å². The Morgan fingerprint density at radius 3 is 2.75 bits per heavy atom. The van der Waals surface area contributed by atoms with Crippen LogP contribution in [0.3, 0.4) is 0 Å². The smallest absolute Gasteiger partial charge is 0.240 e. The molecule has 2 heterocycles. The molecule has 5 heteroatoms. The van der Waals surface area contributed by atoms with Crippen LogP contribution in [0.25, 0.3) is 0 Å². The minimum absolute atomic E-state index is 0.651. The normalized spacial score (nSPS) is 18.2. The first kappa shape index (κ1) is 11.5. The zero-order chi connectivity index (χ0) is 11.4. The molecule has 5 nitrogen and oxygen atoms in total. The lowest BCUT2D eigenvalue weighted by molar-refractivity contribution is 0.144. The van der Waals surface area contributed by atoms with Crippen LogP contribution < -0.4 is 5.32 Å². The fourth-order valence-corrected chi connectivity index (χ4v) is 2.25. The van der Waals surface area contributed by atoms with Gasteiger partial charge < -0.3 is 9.84 Å². The second kappa shape index (κ2) is 5.41. The van der Waals surface area contributed by atoms with E-state index in [4.69, 9.17) is 4.52 Å². The number of rotatable bonds is 4. The van der Waals surface area contributed by atoms with Gasteiger partial charge in [0.25, 0.3) is 0 Å². The van der Waals surface area contributed by atoms with Crippen molar-refractivity contribution < 1.29 is 4.52 Å². The highest BCUT2D eigenvalue weighted by atomic mass is 16.5. The Bertz CT molecular complexity index is 320. The monoisotopic (exact) mass is 224 g/mol. The van der Waals surface area contributed by atoms with Crippen LogP contribution >= 0.6 is 0 Å². The summed E-state index contributed by atoms with van der Waals surface area (Å²) >= 11 is 0. The van der Waals surface area contributed by atoms with Crippen LogP contribution in [0.1, 0.15) is 31.5 Å². The average Bonchev–Trinajstić information content (AvgIpc) is 2.73. The molecule has 1 aliphatic heterocycles. The Balaban J connectivity index is 1.94. The predicted molar refractivity (Wildman–Crippen MR) is 61.0 cm³/mol. The first-order valence-electron chi connectivity index (χ1n) is 6.03. The number of nitrogens with zero attached hydrogens (tertiary/aromatic N) is 3. The summed E-state index contributed by atoms with van der Waals surface area (Å²) in [6.45, 7) is 8.08. The van der Waals surface area contributed by atoms with E-state index in [1.165, 1.54) is 12.8 Å². The molecule has 1 aromatic rings. The lowest BCUT2D eigenvalue weighted by Gasteiger charge is -2.32. The standard InChI is InChI=1S/C11H20N4O/c1-3-15(10-4-6-12-7-5-10)8-11-13-9(2)14-16-11/h10,12H,3-8H2,1-2H3. The largest absolute Gasteiger partial charge is 0.338 e. The zero-order valence-electron chi connectivity index (χ0n) is 10.1. The van der Waals surface area contributed by atoms with E-state index in [1.54, 1.807) is 0 Å². The summed E-state index contributed by atoms with van der Waals surface area (Å²) in [5.74, 6) is 1.45. The summed E-state index contributed by atoms with van der Waals surface area (Å²) in [4.78, 5) is 6.68. The van der Waals surface area contributed by atoms with Gasteiger partial charge in [0.1, 0.15) is 0 Å². The van der Waals surface area contributed by atoms with Gasteiger partial charge in [0, 0.05) is 6.04 Å². The highest BCUT2D eigenvalue weighted by molar-refractivity contribution is 4.85. The Morgan fingerprint density at radius 1 is 1.44 bits per heavy atom. The van der Waals surface area contributed by atoms with Gasteiger partial charge >= 0.3 is 0 Å². The molecular weight excluding hydrogens is 204 g/mol. The van der Waals surface area contributed by atoms with Gasteiger partial charge in [0.2, 0.25) is 5.89 Å². The first-order chi connectivity index (χ1) is 7.79. The van der Waals surface area contributed by atoms with Crippen molar-refractivity contribution in [3.63, 3.8) is 0 Å². The van der Waals surface area contributed by atoms with Crippen molar-refractivity contribution >= 4 is 0 Å². The molecule has 16 heavy (non-hydrogen) atoms. The van der Waals surface area contributed by atoms with Crippen molar-refractivity contribution in [2.24, 2.45) is 0 Å². The molecule has 2 rings (SSSR count). The third-order valence-corrected chi connectivity index (χ3v) is 3.14. The van der Waals surface area contributed by atoms with E-state index in [2.05, 4.69) is 27.3 Å². The van der Waals surface area contributed by atoms with Crippen LogP contribution in [-0.2, 0) is 6.54 Å². The maximum Gasteiger partial charge on any atom is 0.240 e. The second-order valence-electron chi connectivity index (χ2n) is 4.28. The summed E-state index contributed by atoms with van der Waals surface area (Å²) in [7, 11) is 0. The van der Waals surface area contributed by atoms with E-state index in [1.807, 2.05) is 6.92 Å². The van der Waals surface area contributed by atoms with Crippen molar-refractivity contribution in [3.05, 3.63) is 11.7 Å². The van der Waals surface area contributed by atoms with Crippen molar-refractivity contribution in [3.8, 4) is 0 Å². The molecule has 0 spiro atoms. The van der Waals surface area contributed by atoms with Crippen molar-refractivity contribution in [1.82, 2.24) is 20.4 Å². The number of aromatic nitrogens is 2. The van der Waals surface area contributed by atoms with Crippen LogP contribution in [0, 0.1) is 6.92 Å². The Kier molecular flexibility index (Phi) is 3.90. The molecule has 0 amide bonds. The van der Waals surface area contributed by atoms with E-state index < -0.39 is 0 Å². The second-order valence-corrected chi connectivity index (χ2v) is 4.28. The fraction of sp³-hybridized carbons (Fsp3) is 0.818. The molecule has 0 radical (unpaired) electrons. The molecule has 1 fully saturated rings. The van der Waals surface area contributed by atoms with Gasteiger partial charge in [-0.05, 0) is 39.4 Å². The lowest BCUT2D eigenvalue weighted by Crippen LogP contribution is -2.42. The third-order valence-electron chi connectivity index (χ3n) is 3.14. The van der Waals surface area contributed by atoms with Crippen molar-refractivity contribution in [2.45, 2.75) is 39.3 Å². The topological polar surface area (TPSA) is 54.2 Å². The number of piperidine rings is 1. The van der Waals surface area contributed by atoms with Crippen LogP contribution in [0.5, 0.6) is 0 Å². The van der Waals surface area contributed by atoms with Gasteiger partial charge in [-0.2, -0.15) is 4.98 Å². The Morgan fingerprint density at radius 2 is 2.19 bits per heavy atom. The summed E-state index contributed by atoms with van der Waals surface area (Å²) in [6.07, 6.45) is 2.42. The zero-order valence-corrected chi connectivity index (χ0v) is 10.1. The van der Waals surface area contributed by atoms with Crippen LogP contribution in [-0.4, -0.2) is 40.7 Å². The van der Waals surface area contributed by atoms with Gasteiger partial charge in [-0.3, -0.25) is 4.90 Å². The van der Waals surface area contributed by atoms with Crippen LogP contribution in [0.2, 0.25) is 0 Å². The highest BCUT2D eigenvalue weighted by Gasteiger charge is 2.21. The first-order valence-corrected chi connectivity index (χ1v) is 6.03. The van der Waals surface area contributed by atoms with Gasteiger partial charge in [-0.25, -0.2) is 0 Å². The maximum absolute atomic E-state index is 5.17. The predicted octanol–water partition coefficient (Wildman–Crippen LogP) is 0.952. The molecule has 0 aromatic carbocycles. The van der Waals surface area contributed by atoms with E-state index in [-0.39, 0.29) is 0 Å². The summed E-state index contributed by atoms with van der Waals surface area (Å²) in [5.41, 5.74) is 0. The SMILES string of the molecule is CCN(Cc1nc(C)no1)C1CCNCC1. The molecule has 1 aliphatic rings. The van der Waals surface area contributed by atoms with Gasteiger partial charge in [0.15, 0.2) is 5.82 Å². The van der Waals surface area contributed by atoms with Gasteiger partial charge in [-0.1, -0.05) is 12.1 Å². The van der Waals surface area contributed by atoms with E-state index in [0.717, 1.165) is 37.9 Å². The summed E-state index contributed by atoms with van der Waals surface area (Å²) < 4.78 is 5.17. The highest BCUT2D eigenvalue weighted by Crippen LogP contribution is 2.14. The molecule has 0 saturated carbocycles. The van der Waals surface area contributed by atoms with E-state index in [0.29, 0.717) is 6.04 Å². The number of nitrogens with one attached hydrogen (secondary N) is 1. The molecule has 0 aliphatic carbocycles. The number of hydrogen-bond acceptors (Lipinski definition) is 5. The van der Waals surface area contributed by atoms with E-state index >= 15 is 0 Å². The molecule has 1 saturated heterocycles. The minimum atomic E-state index is 0.651. The van der Waals surface area contributed by atoms with E-state index in [9.17, 15) is 0 Å². The van der Waals surface area contributed by atoms with Gasteiger partial charge in [-0.15, -0.1) is 0 Å². The molecule has 1 N–H and O–H groups in total. The lowest BCUT2D eigenvalue weighted by atomic mass is 10.0. The minimum Gasteiger partial charge on any atom is -0.338 e. The quantitative estimate of drug-likeness (QED) is 0.825. The van der Waals surface area contributed by atoms with Crippen LogP contribution in [0.4, 0.5) is 0 Å². The summed E-state index contributed by atoms with van der Waals surface area (Å²) in [5, 5.41) is 7.21. The third kappa shape index (κ3) is 2.80. The number of hydrogen-bond donors (Lipinski definition) is 1. The van der Waals surface area contributed by atoms with Crippen molar-refractivity contribution in [2.75, 3.05) is 19.6 Å². The molecule has 1 aromatic heterocycles. The fourth-order valence-electron chi connectivity index (χ4n) is 2.25. The molecule has 90 valence electrons. The van der Waals surface area contributed by atoms with Crippen LogP contribution in [0.15, 0.2) is 4.52 Å². The maximum atomic E-state index is 5.17. The number of aryl methyl sites for hydroxylation is 1.